The van der Waals surface area contributed by atoms with Crippen LogP contribution in [0.4, 0.5) is 5.69 Å². The molecule has 110 valence electrons. The Morgan fingerprint density at radius 3 is 2.38 bits per heavy atom. The average molecular weight is 478 g/mol. The molecule has 6 heteroatoms. The maximum Gasteiger partial charge on any atom is 0.255 e. The highest BCUT2D eigenvalue weighted by atomic mass is 79.9. The van der Waals surface area contributed by atoms with Gasteiger partial charge in [-0.2, -0.15) is 0 Å². The highest BCUT2D eigenvalue weighted by molar-refractivity contribution is 9.11. The van der Waals surface area contributed by atoms with E-state index in [1.807, 2.05) is 25.1 Å². The Balaban J connectivity index is 2.29. The number of carbonyl (C=O) groups is 1. The third-order valence-electron chi connectivity index (χ3n) is 2.91. The maximum atomic E-state index is 12.3. The van der Waals surface area contributed by atoms with Crippen LogP contribution in [-0.2, 0) is 0 Å². The molecule has 21 heavy (non-hydrogen) atoms. The van der Waals surface area contributed by atoms with Gasteiger partial charge in [-0.05, 0) is 68.6 Å². The zero-order valence-corrected chi connectivity index (χ0v) is 16.1. The molecule has 2 rings (SSSR count). The second-order valence-electron chi connectivity index (χ2n) is 4.38. The van der Waals surface area contributed by atoms with Crippen molar-refractivity contribution < 1.29 is 9.53 Å². The molecule has 2 aromatic rings. The topological polar surface area (TPSA) is 38.3 Å². The van der Waals surface area contributed by atoms with Crippen molar-refractivity contribution in [2.75, 3.05) is 12.4 Å². The molecule has 0 spiro atoms. The monoisotopic (exact) mass is 475 g/mol. The zero-order chi connectivity index (χ0) is 15.6. The molecular formula is C15H12Br3NO2. The Hall–Kier alpha value is -0.850. The van der Waals surface area contributed by atoms with Crippen molar-refractivity contribution in [1.29, 1.82) is 0 Å². The molecule has 0 saturated carbocycles. The largest absolute Gasteiger partial charge is 0.495 e. The second-order valence-corrected chi connectivity index (χ2v) is 6.95. The summed E-state index contributed by atoms with van der Waals surface area (Å²) in [4.78, 5) is 12.3. The van der Waals surface area contributed by atoms with Crippen molar-refractivity contribution in [3.63, 3.8) is 0 Å². The fourth-order valence-electron chi connectivity index (χ4n) is 1.76. The molecule has 1 amide bonds. The Morgan fingerprint density at radius 1 is 1.05 bits per heavy atom. The van der Waals surface area contributed by atoms with E-state index >= 15 is 0 Å². The predicted molar refractivity (Wildman–Crippen MR) is 95.2 cm³/mol. The van der Waals surface area contributed by atoms with Gasteiger partial charge in [0.05, 0.1) is 17.3 Å². The predicted octanol–water partition coefficient (Wildman–Crippen LogP) is 5.54. The normalized spacial score (nSPS) is 10.3. The molecule has 2 aromatic carbocycles. The van der Waals surface area contributed by atoms with E-state index in [2.05, 4.69) is 53.1 Å². The summed E-state index contributed by atoms with van der Waals surface area (Å²) in [5, 5.41) is 2.87. The van der Waals surface area contributed by atoms with E-state index in [4.69, 9.17) is 4.74 Å². The molecule has 0 aromatic heterocycles. The van der Waals surface area contributed by atoms with Crippen LogP contribution in [0.3, 0.4) is 0 Å². The van der Waals surface area contributed by atoms with Crippen molar-refractivity contribution in [3.8, 4) is 5.75 Å². The van der Waals surface area contributed by atoms with Gasteiger partial charge < -0.3 is 10.1 Å². The van der Waals surface area contributed by atoms with E-state index in [0.717, 1.165) is 19.0 Å². The number of ether oxygens (including phenoxy) is 1. The minimum absolute atomic E-state index is 0.171. The lowest BCUT2D eigenvalue weighted by atomic mass is 10.1. The van der Waals surface area contributed by atoms with E-state index in [1.54, 1.807) is 19.2 Å². The number of aryl methyl sites for hydroxylation is 1. The van der Waals surface area contributed by atoms with Gasteiger partial charge in [0.15, 0.2) is 0 Å². The first kappa shape index (κ1) is 16.5. The number of amides is 1. The molecule has 0 aliphatic rings. The molecule has 0 radical (unpaired) electrons. The first-order valence-corrected chi connectivity index (χ1v) is 8.41. The van der Waals surface area contributed by atoms with Crippen LogP contribution in [0.15, 0.2) is 43.7 Å². The molecule has 0 aliphatic heterocycles. The van der Waals surface area contributed by atoms with Crippen molar-refractivity contribution in [2.24, 2.45) is 0 Å². The van der Waals surface area contributed by atoms with Gasteiger partial charge in [-0.15, -0.1) is 0 Å². The molecule has 0 atom stereocenters. The lowest BCUT2D eigenvalue weighted by molar-refractivity contribution is 0.102. The van der Waals surface area contributed by atoms with Gasteiger partial charge in [0.25, 0.3) is 5.91 Å². The Morgan fingerprint density at radius 2 is 1.76 bits per heavy atom. The first-order valence-electron chi connectivity index (χ1n) is 6.03. The van der Waals surface area contributed by atoms with Crippen molar-refractivity contribution in [3.05, 3.63) is 54.9 Å². The summed E-state index contributed by atoms with van der Waals surface area (Å²) in [6.45, 7) is 1.94. The highest BCUT2D eigenvalue weighted by Crippen LogP contribution is 2.34. The minimum Gasteiger partial charge on any atom is -0.495 e. The number of benzene rings is 2. The van der Waals surface area contributed by atoms with Crippen LogP contribution in [0, 0.1) is 6.92 Å². The molecule has 1 N–H and O–H groups in total. The smallest absolute Gasteiger partial charge is 0.255 e. The molecule has 0 heterocycles. The molecule has 0 bridgehead atoms. The number of nitrogens with one attached hydrogen (secondary N) is 1. The SMILES string of the molecule is COc1cc(NC(=O)c2ccc(Br)c(C)c2)c(Br)cc1Br. The highest BCUT2D eigenvalue weighted by Gasteiger charge is 2.12. The third kappa shape index (κ3) is 3.87. The van der Waals surface area contributed by atoms with Gasteiger partial charge in [-0.1, -0.05) is 15.9 Å². The second kappa shape index (κ2) is 6.94. The summed E-state index contributed by atoms with van der Waals surface area (Å²) in [6.07, 6.45) is 0. The first-order chi connectivity index (χ1) is 9.92. The van der Waals surface area contributed by atoms with Crippen LogP contribution >= 0.6 is 47.8 Å². The maximum absolute atomic E-state index is 12.3. The molecule has 0 saturated heterocycles. The van der Waals surface area contributed by atoms with Gasteiger partial charge in [0.1, 0.15) is 5.75 Å². The Kier molecular flexibility index (Phi) is 5.46. The van der Waals surface area contributed by atoms with Crippen LogP contribution in [0.2, 0.25) is 0 Å². The lowest BCUT2D eigenvalue weighted by Crippen LogP contribution is -2.12. The van der Waals surface area contributed by atoms with Crippen molar-refractivity contribution in [2.45, 2.75) is 6.92 Å². The van der Waals surface area contributed by atoms with E-state index < -0.39 is 0 Å². The van der Waals surface area contributed by atoms with E-state index in [1.165, 1.54) is 0 Å². The number of halogens is 3. The summed E-state index contributed by atoms with van der Waals surface area (Å²) in [6, 6.07) is 9.07. The fourth-order valence-corrected chi connectivity index (χ4v) is 3.26. The average Bonchev–Trinajstić information content (AvgIpc) is 2.44. The quantitative estimate of drug-likeness (QED) is 0.630. The van der Waals surface area contributed by atoms with Gasteiger partial charge in [-0.3, -0.25) is 4.79 Å². The van der Waals surface area contributed by atoms with Crippen LogP contribution in [0.1, 0.15) is 15.9 Å². The zero-order valence-electron chi connectivity index (χ0n) is 11.3. The molecule has 3 nitrogen and oxygen atoms in total. The summed E-state index contributed by atoms with van der Waals surface area (Å²) in [5.41, 5.74) is 2.26. The van der Waals surface area contributed by atoms with E-state index in [-0.39, 0.29) is 5.91 Å². The molecule has 0 unspecified atom stereocenters. The van der Waals surface area contributed by atoms with Crippen LogP contribution < -0.4 is 10.1 Å². The summed E-state index contributed by atoms with van der Waals surface area (Å²) in [5.74, 6) is 0.483. The molecule has 0 fully saturated rings. The van der Waals surface area contributed by atoms with Crippen LogP contribution in [-0.4, -0.2) is 13.0 Å². The fraction of sp³-hybridized carbons (Fsp3) is 0.133. The lowest BCUT2D eigenvalue weighted by Gasteiger charge is -2.11. The standard InChI is InChI=1S/C15H12Br3NO2/c1-8-5-9(3-4-10(8)16)15(20)19-13-7-14(21-2)12(18)6-11(13)17/h3-7H,1-2H3,(H,19,20). The number of hydrogen-bond acceptors (Lipinski definition) is 2. The molecular weight excluding hydrogens is 466 g/mol. The summed E-state index contributed by atoms with van der Waals surface area (Å²) in [7, 11) is 1.58. The minimum atomic E-state index is -0.171. The summed E-state index contributed by atoms with van der Waals surface area (Å²) < 4.78 is 7.80. The van der Waals surface area contributed by atoms with Crippen molar-refractivity contribution in [1.82, 2.24) is 0 Å². The number of carbonyl (C=O) groups excluding carboxylic acids is 1. The van der Waals surface area contributed by atoms with Gasteiger partial charge in [0.2, 0.25) is 0 Å². The van der Waals surface area contributed by atoms with E-state index in [0.29, 0.717) is 17.0 Å². The van der Waals surface area contributed by atoms with Crippen LogP contribution in [0.5, 0.6) is 5.75 Å². The van der Waals surface area contributed by atoms with E-state index in [9.17, 15) is 4.79 Å². The van der Waals surface area contributed by atoms with Gasteiger partial charge in [-0.25, -0.2) is 0 Å². The third-order valence-corrected chi connectivity index (χ3v) is 5.08. The summed E-state index contributed by atoms with van der Waals surface area (Å²) >= 11 is 10.2. The van der Waals surface area contributed by atoms with Gasteiger partial charge in [0, 0.05) is 20.6 Å². The number of hydrogen-bond donors (Lipinski definition) is 1. The Bertz CT molecular complexity index is 702. The molecule has 0 aliphatic carbocycles. The van der Waals surface area contributed by atoms with Crippen molar-refractivity contribution >= 4 is 59.4 Å². The van der Waals surface area contributed by atoms with Crippen LogP contribution in [0.25, 0.3) is 0 Å². The number of rotatable bonds is 3. The Labute approximate surface area is 148 Å². The number of anilines is 1. The van der Waals surface area contributed by atoms with Gasteiger partial charge >= 0.3 is 0 Å². The number of methoxy groups -OCH3 is 1.